The number of hydrogen-bond acceptors (Lipinski definition) is 5. The summed E-state index contributed by atoms with van der Waals surface area (Å²) in [6, 6.07) is 5.80. The molecular weight excluding hydrogens is 292 g/mol. The molecule has 1 N–H and O–H groups in total. The van der Waals surface area contributed by atoms with Crippen molar-refractivity contribution >= 4 is 0 Å². The molecule has 2 aromatic heterocycles. The molecule has 2 atom stereocenters. The first-order chi connectivity index (χ1) is 11.1. The number of aliphatic hydroxyl groups excluding tert-OH is 1. The fourth-order valence-electron chi connectivity index (χ4n) is 2.94. The average molecular weight is 316 g/mol. The summed E-state index contributed by atoms with van der Waals surface area (Å²) in [4.78, 5) is 6.56. The Hall–Kier alpha value is -1.92. The van der Waals surface area contributed by atoms with Gasteiger partial charge in [0.05, 0.1) is 17.5 Å². The molecule has 1 fully saturated rings. The van der Waals surface area contributed by atoms with E-state index in [2.05, 4.69) is 15.0 Å². The van der Waals surface area contributed by atoms with E-state index < -0.39 is 6.10 Å². The standard InChI is InChI=1S/C17H24N4O2/c1-13-16(4-3-8-18-13)23-17-7-11-21(10-6-15(17)22)12-14-5-9-20(2)19-14/h3-5,8-9,15,17,22H,6-7,10-12H2,1-2H3/t15-,17-/m0/s1. The molecule has 6 heteroatoms. The highest BCUT2D eigenvalue weighted by molar-refractivity contribution is 5.25. The van der Waals surface area contributed by atoms with Crippen LogP contribution in [0.1, 0.15) is 24.2 Å². The van der Waals surface area contributed by atoms with E-state index in [1.165, 1.54) is 0 Å². The highest BCUT2D eigenvalue weighted by Crippen LogP contribution is 2.22. The number of pyridine rings is 1. The van der Waals surface area contributed by atoms with Gasteiger partial charge >= 0.3 is 0 Å². The van der Waals surface area contributed by atoms with E-state index in [0.717, 1.165) is 43.2 Å². The predicted octanol–water partition coefficient (Wildman–Crippen LogP) is 1.53. The van der Waals surface area contributed by atoms with Crippen molar-refractivity contribution in [3.05, 3.63) is 42.0 Å². The van der Waals surface area contributed by atoms with E-state index in [1.807, 2.05) is 43.0 Å². The van der Waals surface area contributed by atoms with Crippen LogP contribution in [0.2, 0.25) is 0 Å². The summed E-state index contributed by atoms with van der Waals surface area (Å²) in [5, 5.41) is 14.8. The van der Waals surface area contributed by atoms with Crippen LogP contribution in [0.4, 0.5) is 0 Å². The molecule has 3 heterocycles. The van der Waals surface area contributed by atoms with Gasteiger partial charge in [-0.15, -0.1) is 0 Å². The molecule has 0 radical (unpaired) electrons. The minimum atomic E-state index is -0.455. The van der Waals surface area contributed by atoms with Gasteiger partial charge in [0.25, 0.3) is 0 Å². The molecular formula is C17H24N4O2. The van der Waals surface area contributed by atoms with E-state index >= 15 is 0 Å². The zero-order valence-corrected chi connectivity index (χ0v) is 13.7. The molecule has 1 aliphatic rings. The number of aliphatic hydroxyl groups is 1. The van der Waals surface area contributed by atoms with Gasteiger partial charge in [-0.25, -0.2) is 0 Å². The van der Waals surface area contributed by atoms with E-state index in [0.29, 0.717) is 6.42 Å². The van der Waals surface area contributed by atoms with Gasteiger partial charge in [-0.05, 0) is 38.0 Å². The highest BCUT2D eigenvalue weighted by atomic mass is 16.5. The molecule has 0 aliphatic carbocycles. The lowest BCUT2D eigenvalue weighted by Gasteiger charge is -2.22. The Labute approximate surface area is 136 Å². The number of rotatable bonds is 4. The van der Waals surface area contributed by atoms with Gasteiger partial charge in [0.2, 0.25) is 0 Å². The normalized spacial score (nSPS) is 22.7. The summed E-state index contributed by atoms with van der Waals surface area (Å²) in [5.74, 6) is 0.759. The van der Waals surface area contributed by atoms with Crippen LogP contribution in [0.25, 0.3) is 0 Å². The Morgan fingerprint density at radius 2 is 2.13 bits per heavy atom. The van der Waals surface area contributed by atoms with E-state index in [9.17, 15) is 5.11 Å². The minimum Gasteiger partial charge on any atom is -0.486 e. The van der Waals surface area contributed by atoms with Crippen LogP contribution in [-0.4, -0.2) is 50.1 Å². The second-order valence-corrected chi connectivity index (χ2v) is 6.14. The molecule has 1 aliphatic heterocycles. The molecule has 2 aromatic rings. The summed E-state index contributed by atoms with van der Waals surface area (Å²) in [7, 11) is 1.93. The topological polar surface area (TPSA) is 63.4 Å². The smallest absolute Gasteiger partial charge is 0.141 e. The molecule has 23 heavy (non-hydrogen) atoms. The Bertz CT molecular complexity index is 643. The lowest BCUT2D eigenvalue weighted by molar-refractivity contribution is 0.0343. The predicted molar refractivity (Wildman–Crippen MR) is 87.1 cm³/mol. The molecule has 1 saturated heterocycles. The molecule has 0 unspecified atom stereocenters. The van der Waals surface area contributed by atoms with Crippen LogP contribution in [0.3, 0.4) is 0 Å². The Kier molecular flexibility index (Phi) is 4.93. The third-order valence-electron chi connectivity index (χ3n) is 4.29. The Morgan fingerprint density at radius 3 is 2.87 bits per heavy atom. The lowest BCUT2D eigenvalue weighted by Crippen LogP contribution is -2.31. The van der Waals surface area contributed by atoms with Crippen molar-refractivity contribution < 1.29 is 9.84 Å². The molecule has 6 nitrogen and oxygen atoms in total. The average Bonchev–Trinajstić information content (AvgIpc) is 2.86. The van der Waals surface area contributed by atoms with Crippen molar-refractivity contribution in [2.24, 2.45) is 7.05 Å². The van der Waals surface area contributed by atoms with Crippen LogP contribution >= 0.6 is 0 Å². The molecule has 0 bridgehead atoms. The zero-order valence-electron chi connectivity index (χ0n) is 13.7. The number of nitrogens with zero attached hydrogens (tertiary/aromatic N) is 4. The van der Waals surface area contributed by atoms with Crippen molar-refractivity contribution in [2.75, 3.05) is 13.1 Å². The fourth-order valence-corrected chi connectivity index (χ4v) is 2.94. The maximum atomic E-state index is 10.4. The van der Waals surface area contributed by atoms with Gasteiger partial charge in [0.15, 0.2) is 0 Å². The number of likely N-dealkylation sites (tertiary alicyclic amines) is 1. The first-order valence-electron chi connectivity index (χ1n) is 8.09. The fraction of sp³-hybridized carbons (Fsp3) is 0.529. The molecule has 124 valence electrons. The van der Waals surface area contributed by atoms with Crippen molar-refractivity contribution in [1.82, 2.24) is 19.7 Å². The Morgan fingerprint density at radius 1 is 1.30 bits per heavy atom. The van der Waals surface area contributed by atoms with Crippen LogP contribution in [0, 0.1) is 6.92 Å². The van der Waals surface area contributed by atoms with Crippen molar-refractivity contribution in [2.45, 2.75) is 38.5 Å². The molecule has 0 saturated carbocycles. The SMILES string of the molecule is Cc1ncccc1O[C@H]1CCN(Cc2ccn(C)n2)CC[C@@H]1O. The lowest BCUT2D eigenvalue weighted by atomic mass is 10.1. The molecule has 0 amide bonds. The van der Waals surface area contributed by atoms with Crippen molar-refractivity contribution in [3.63, 3.8) is 0 Å². The minimum absolute atomic E-state index is 0.188. The van der Waals surface area contributed by atoms with E-state index in [4.69, 9.17) is 4.74 Å². The molecule has 0 aromatic carbocycles. The summed E-state index contributed by atoms with van der Waals surface area (Å²) in [6.45, 7) is 4.47. The number of hydrogen-bond donors (Lipinski definition) is 1. The first kappa shape index (κ1) is 16.0. The van der Waals surface area contributed by atoms with E-state index in [-0.39, 0.29) is 6.10 Å². The molecule has 0 spiro atoms. The maximum absolute atomic E-state index is 10.4. The zero-order chi connectivity index (χ0) is 16.2. The summed E-state index contributed by atoms with van der Waals surface area (Å²) >= 11 is 0. The van der Waals surface area contributed by atoms with E-state index in [1.54, 1.807) is 6.20 Å². The van der Waals surface area contributed by atoms with Gasteiger partial charge in [-0.3, -0.25) is 14.6 Å². The van der Waals surface area contributed by atoms with Gasteiger partial charge < -0.3 is 9.84 Å². The van der Waals surface area contributed by atoms with Crippen LogP contribution in [0.15, 0.2) is 30.6 Å². The van der Waals surface area contributed by atoms with Crippen LogP contribution in [0.5, 0.6) is 5.75 Å². The number of aromatic nitrogens is 3. The molecule has 3 rings (SSSR count). The number of ether oxygens (including phenoxy) is 1. The quantitative estimate of drug-likeness (QED) is 0.927. The summed E-state index contributed by atoms with van der Waals surface area (Å²) in [5.41, 5.74) is 1.92. The first-order valence-corrected chi connectivity index (χ1v) is 8.09. The van der Waals surface area contributed by atoms with Gasteiger partial charge in [0, 0.05) is 39.1 Å². The summed E-state index contributed by atoms with van der Waals surface area (Å²) < 4.78 is 7.84. The Balaban J connectivity index is 1.60. The van der Waals surface area contributed by atoms with Crippen LogP contribution in [-0.2, 0) is 13.6 Å². The highest BCUT2D eigenvalue weighted by Gasteiger charge is 2.27. The van der Waals surface area contributed by atoms with Crippen molar-refractivity contribution in [1.29, 1.82) is 0 Å². The largest absolute Gasteiger partial charge is 0.486 e. The second-order valence-electron chi connectivity index (χ2n) is 6.14. The second kappa shape index (κ2) is 7.10. The van der Waals surface area contributed by atoms with Gasteiger partial charge in [-0.1, -0.05) is 0 Å². The number of aryl methyl sites for hydroxylation is 2. The van der Waals surface area contributed by atoms with Gasteiger partial charge in [-0.2, -0.15) is 5.10 Å². The maximum Gasteiger partial charge on any atom is 0.141 e. The third-order valence-corrected chi connectivity index (χ3v) is 4.29. The van der Waals surface area contributed by atoms with Gasteiger partial charge in [0.1, 0.15) is 11.9 Å². The summed E-state index contributed by atoms with van der Waals surface area (Å²) in [6.07, 6.45) is 4.56. The van der Waals surface area contributed by atoms with Crippen molar-refractivity contribution in [3.8, 4) is 5.75 Å². The van der Waals surface area contributed by atoms with Crippen LogP contribution < -0.4 is 4.74 Å². The monoisotopic (exact) mass is 316 g/mol. The third kappa shape index (κ3) is 4.09.